The van der Waals surface area contributed by atoms with Crippen molar-refractivity contribution >= 4 is 11.5 Å². The molecule has 1 aromatic rings. The fourth-order valence-corrected chi connectivity index (χ4v) is 2.33. The SMILES string of the molecule is CCCc1nn(C)c(NC(C)CCCC(C)C)c1N. The van der Waals surface area contributed by atoms with E-state index in [2.05, 4.69) is 38.1 Å². The third kappa shape index (κ3) is 4.77. The number of nitrogens with one attached hydrogen (secondary N) is 1. The second-order valence-corrected chi connectivity index (χ2v) is 5.95. The molecule has 0 saturated heterocycles. The molecule has 19 heavy (non-hydrogen) atoms. The minimum absolute atomic E-state index is 0.436. The Kier molecular flexibility index (Phi) is 6.19. The van der Waals surface area contributed by atoms with Crippen LogP contribution >= 0.6 is 0 Å². The lowest BCUT2D eigenvalue weighted by Gasteiger charge is -2.16. The molecule has 0 spiro atoms. The van der Waals surface area contributed by atoms with Crippen LogP contribution in [-0.2, 0) is 13.5 Å². The third-order valence-electron chi connectivity index (χ3n) is 3.45. The van der Waals surface area contributed by atoms with Gasteiger partial charge in [-0.1, -0.05) is 40.0 Å². The van der Waals surface area contributed by atoms with Crippen LogP contribution in [0.3, 0.4) is 0 Å². The predicted octanol–water partition coefficient (Wildman–Crippen LogP) is 3.58. The van der Waals surface area contributed by atoms with Crippen LogP contribution in [-0.4, -0.2) is 15.8 Å². The monoisotopic (exact) mass is 266 g/mol. The molecule has 1 rings (SSSR count). The van der Waals surface area contributed by atoms with Gasteiger partial charge in [-0.3, -0.25) is 4.68 Å². The molecular formula is C15H30N4. The minimum Gasteiger partial charge on any atom is -0.394 e. The van der Waals surface area contributed by atoms with Gasteiger partial charge in [0, 0.05) is 13.1 Å². The highest BCUT2D eigenvalue weighted by Crippen LogP contribution is 2.24. The van der Waals surface area contributed by atoms with E-state index in [-0.39, 0.29) is 0 Å². The van der Waals surface area contributed by atoms with E-state index in [1.165, 1.54) is 19.3 Å². The molecule has 0 aliphatic heterocycles. The first-order valence-corrected chi connectivity index (χ1v) is 7.53. The lowest BCUT2D eigenvalue weighted by atomic mass is 10.0. The van der Waals surface area contributed by atoms with Crippen LogP contribution in [0.4, 0.5) is 11.5 Å². The molecule has 0 bridgehead atoms. The van der Waals surface area contributed by atoms with Gasteiger partial charge in [-0.05, 0) is 25.7 Å². The Hall–Kier alpha value is -1.19. The van der Waals surface area contributed by atoms with Gasteiger partial charge in [-0.15, -0.1) is 0 Å². The Morgan fingerprint density at radius 1 is 1.26 bits per heavy atom. The van der Waals surface area contributed by atoms with E-state index >= 15 is 0 Å². The number of rotatable bonds is 8. The topological polar surface area (TPSA) is 55.9 Å². The molecule has 0 amide bonds. The van der Waals surface area contributed by atoms with Crippen molar-refractivity contribution in [2.45, 2.75) is 65.8 Å². The largest absolute Gasteiger partial charge is 0.394 e. The normalized spacial score (nSPS) is 12.9. The molecule has 1 unspecified atom stereocenters. The van der Waals surface area contributed by atoms with Crippen molar-refractivity contribution in [2.24, 2.45) is 13.0 Å². The fraction of sp³-hybridized carbons (Fsp3) is 0.800. The zero-order valence-electron chi connectivity index (χ0n) is 13.2. The maximum atomic E-state index is 6.17. The van der Waals surface area contributed by atoms with Crippen LogP contribution in [0.1, 0.15) is 59.1 Å². The van der Waals surface area contributed by atoms with Crippen LogP contribution in [0.25, 0.3) is 0 Å². The van der Waals surface area contributed by atoms with E-state index in [0.29, 0.717) is 6.04 Å². The summed E-state index contributed by atoms with van der Waals surface area (Å²) < 4.78 is 1.87. The van der Waals surface area contributed by atoms with Crippen molar-refractivity contribution in [2.75, 3.05) is 11.1 Å². The van der Waals surface area contributed by atoms with Gasteiger partial charge in [0.05, 0.1) is 11.4 Å². The summed E-state index contributed by atoms with van der Waals surface area (Å²) in [5, 5.41) is 8.00. The molecule has 110 valence electrons. The molecule has 3 N–H and O–H groups in total. The summed E-state index contributed by atoms with van der Waals surface area (Å²) in [6.45, 7) is 8.91. The molecule has 0 saturated carbocycles. The summed E-state index contributed by atoms with van der Waals surface area (Å²) in [5.74, 6) is 1.76. The Bertz CT molecular complexity index is 382. The maximum absolute atomic E-state index is 6.17. The zero-order valence-corrected chi connectivity index (χ0v) is 13.2. The Balaban J connectivity index is 2.56. The number of anilines is 2. The van der Waals surface area contributed by atoms with Crippen LogP contribution in [0.5, 0.6) is 0 Å². The second-order valence-electron chi connectivity index (χ2n) is 5.95. The number of nitrogens with two attached hydrogens (primary N) is 1. The third-order valence-corrected chi connectivity index (χ3v) is 3.45. The number of hydrogen-bond donors (Lipinski definition) is 2. The molecule has 1 atom stereocenters. The molecule has 1 aromatic heterocycles. The van der Waals surface area contributed by atoms with E-state index in [1.54, 1.807) is 0 Å². The standard InChI is InChI=1S/C15H30N4/c1-6-8-13-14(16)15(19(5)18-13)17-12(4)10-7-9-11(2)3/h11-12,17H,6-10,16H2,1-5H3. The van der Waals surface area contributed by atoms with Crippen LogP contribution in [0, 0.1) is 5.92 Å². The lowest BCUT2D eigenvalue weighted by Crippen LogP contribution is -2.18. The number of nitrogens with zero attached hydrogens (tertiary/aromatic N) is 2. The van der Waals surface area contributed by atoms with E-state index < -0.39 is 0 Å². The molecule has 0 aliphatic rings. The van der Waals surface area contributed by atoms with E-state index in [4.69, 9.17) is 5.73 Å². The van der Waals surface area contributed by atoms with Crippen LogP contribution in [0.2, 0.25) is 0 Å². The van der Waals surface area contributed by atoms with Crippen molar-refractivity contribution in [1.82, 2.24) is 9.78 Å². The smallest absolute Gasteiger partial charge is 0.147 e. The average Bonchev–Trinajstić information content (AvgIpc) is 2.57. The van der Waals surface area contributed by atoms with E-state index in [0.717, 1.165) is 36.0 Å². The van der Waals surface area contributed by atoms with Crippen molar-refractivity contribution in [1.29, 1.82) is 0 Å². The quantitative estimate of drug-likeness (QED) is 0.756. The summed E-state index contributed by atoms with van der Waals surface area (Å²) >= 11 is 0. The van der Waals surface area contributed by atoms with Gasteiger partial charge in [0.1, 0.15) is 5.82 Å². The highest BCUT2D eigenvalue weighted by molar-refractivity contribution is 5.65. The zero-order chi connectivity index (χ0) is 14.4. The van der Waals surface area contributed by atoms with E-state index in [1.807, 2.05) is 11.7 Å². The van der Waals surface area contributed by atoms with E-state index in [9.17, 15) is 0 Å². The number of aromatic nitrogens is 2. The van der Waals surface area contributed by atoms with Gasteiger partial charge in [0.15, 0.2) is 0 Å². The van der Waals surface area contributed by atoms with Gasteiger partial charge >= 0.3 is 0 Å². The number of aryl methyl sites for hydroxylation is 2. The molecule has 0 radical (unpaired) electrons. The van der Waals surface area contributed by atoms with Crippen LogP contribution in [0.15, 0.2) is 0 Å². The first-order valence-electron chi connectivity index (χ1n) is 7.53. The highest BCUT2D eigenvalue weighted by atomic mass is 15.3. The minimum atomic E-state index is 0.436. The molecule has 0 aliphatic carbocycles. The molecule has 0 aromatic carbocycles. The van der Waals surface area contributed by atoms with Gasteiger partial charge in [0.25, 0.3) is 0 Å². The second kappa shape index (κ2) is 7.41. The summed E-state index contributed by atoms with van der Waals surface area (Å²) in [6.07, 6.45) is 5.74. The van der Waals surface area contributed by atoms with Gasteiger partial charge in [0.2, 0.25) is 0 Å². The van der Waals surface area contributed by atoms with Crippen molar-refractivity contribution in [3.63, 3.8) is 0 Å². The summed E-state index contributed by atoms with van der Waals surface area (Å²) in [7, 11) is 1.96. The van der Waals surface area contributed by atoms with Gasteiger partial charge in [-0.25, -0.2) is 0 Å². The maximum Gasteiger partial charge on any atom is 0.147 e. The Labute approximate surface area is 117 Å². The molecular weight excluding hydrogens is 236 g/mol. The summed E-state index contributed by atoms with van der Waals surface area (Å²) in [6, 6.07) is 0.436. The fourth-order valence-electron chi connectivity index (χ4n) is 2.33. The van der Waals surface area contributed by atoms with Gasteiger partial charge < -0.3 is 11.1 Å². The Morgan fingerprint density at radius 2 is 1.95 bits per heavy atom. The van der Waals surface area contributed by atoms with Crippen molar-refractivity contribution < 1.29 is 0 Å². The summed E-state index contributed by atoms with van der Waals surface area (Å²) in [5.41, 5.74) is 8.00. The average molecular weight is 266 g/mol. The first-order chi connectivity index (χ1) is 8.95. The number of nitrogen functional groups attached to an aromatic ring is 1. The number of hydrogen-bond acceptors (Lipinski definition) is 3. The Morgan fingerprint density at radius 3 is 2.53 bits per heavy atom. The predicted molar refractivity (Wildman–Crippen MR) is 83.4 cm³/mol. The molecule has 0 fully saturated rings. The highest BCUT2D eigenvalue weighted by Gasteiger charge is 2.14. The van der Waals surface area contributed by atoms with Crippen molar-refractivity contribution in [3.8, 4) is 0 Å². The van der Waals surface area contributed by atoms with Crippen molar-refractivity contribution in [3.05, 3.63) is 5.69 Å². The lowest BCUT2D eigenvalue weighted by molar-refractivity contribution is 0.519. The first kappa shape index (κ1) is 15.9. The van der Waals surface area contributed by atoms with Crippen LogP contribution < -0.4 is 11.1 Å². The molecule has 4 nitrogen and oxygen atoms in total. The van der Waals surface area contributed by atoms with Gasteiger partial charge in [-0.2, -0.15) is 5.10 Å². The molecule has 1 heterocycles. The summed E-state index contributed by atoms with van der Waals surface area (Å²) in [4.78, 5) is 0. The molecule has 4 heteroatoms.